The average Bonchev–Trinajstić information content (AvgIpc) is 3.02. The second-order valence-electron chi connectivity index (χ2n) is 12.3. The largest absolute Gasteiger partial charge is 0.209 e. The Labute approximate surface area is 249 Å². The van der Waals surface area contributed by atoms with Gasteiger partial charge in [0.15, 0.2) is 23.3 Å². The number of hydrogen-bond donors (Lipinski definition) is 0. The monoisotopic (exact) mass is 602 g/mol. The van der Waals surface area contributed by atoms with Gasteiger partial charge < -0.3 is 0 Å². The van der Waals surface area contributed by atoms with Crippen LogP contribution in [0, 0.1) is 40.9 Å². The second-order valence-corrected chi connectivity index (χ2v) is 12.3. The minimum Gasteiger partial charge on any atom is -0.209 e. The van der Waals surface area contributed by atoms with Gasteiger partial charge in [-0.05, 0) is 122 Å². The highest BCUT2D eigenvalue weighted by Crippen LogP contribution is 2.42. The van der Waals surface area contributed by atoms with Crippen molar-refractivity contribution in [3.8, 4) is 11.1 Å². The van der Waals surface area contributed by atoms with Gasteiger partial charge in [0.25, 0.3) is 0 Å². The lowest BCUT2D eigenvalue weighted by atomic mass is 9.73. The van der Waals surface area contributed by atoms with Crippen molar-refractivity contribution in [1.82, 2.24) is 0 Å². The molecule has 0 saturated heterocycles. The minimum absolute atomic E-state index is 0.0141. The van der Waals surface area contributed by atoms with E-state index >= 15 is 0 Å². The summed E-state index contributed by atoms with van der Waals surface area (Å²) >= 11 is 0. The molecule has 0 N–H and O–H groups in total. The molecule has 0 amide bonds. The van der Waals surface area contributed by atoms with E-state index in [0.717, 1.165) is 64.2 Å². The molecule has 0 radical (unpaired) electrons. The molecule has 0 nitrogen and oxygen atoms in total. The van der Waals surface area contributed by atoms with Crippen molar-refractivity contribution in [1.29, 1.82) is 0 Å². The van der Waals surface area contributed by atoms with Crippen molar-refractivity contribution in [2.24, 2.45) is 11.8 Å². The summed E-state index contributed by atoms with van der Waals surface area (Å²) in [6.07, 6.45) is 10.4. The Morgan fingerprint density at radius 3 is 1.53 bits per heavy atom. The van der Waals surface area contributed by atoms with E-state index in [0.29, 0.717) is 35.4 Å². The Morgan fingerprint density at radius 1 is 0.605 bits per heavy atom. The van der Waals surface area contributed by atoms with Crippen LogP contribution in [-0.2, 0) is 0 Å². The number of rotatable bonds is 8. The third kappa shape index (κ3) is 7.18. The minimum atomic E-state index is -1.68. The van der Waals surface area contributed by atoms with Crippen LogP contribution in [0.3, 0.4) is 0 Å². The third-order valence-electron chi connectivity index (χ3n) is 9.67. The van der Waals surface area contributed by atoms with E-state index in [1.165, 1.54) is 17.7 Å². The molecule has 3 aromatic rings. The molecule has 0 atom stereocenters. The third-order valence-corrected chi connectivity index (χ3v) is 9.67. The molecule has 5 rings (SSSR count). The fraction of sp³-hybridized carbons (Fsp3) is 0.444. The molecular formula is C36H37F7. The van der Waals surface area contributed by atoms with Gasteiger partial charge in [-0.25, -0.2) is 30.7 Å². The lowest BCUT2D eigenvalue weighted by Gasteiger charge is -2.32. The van der Waals surface area contributed by atoms with Crippen LogP contribution < -0.4 is 0 Å². The van der Waals surface area contributed by atoms with E-state index in [2.05, 4.69) is 0 Å². The molecule has 0 heterocycles. The molecule has 0 unspecified atom stereocenters. The van der Waals surface area contributed by atoms with Crippen LogP contribution in [0.2, 0.25) is 0 Å². The molecule has 0 aromatic heterocycles. The van der Waals surface area contributed by atoms with Crippen LogP contribution in [0.1, 0.15) is 106 Å². The molecule has 3 aromatic carbocycles. The van der Waals surface area contributed by atoms with Gasteiger partial charge in [0.05, 0.1) is 5.56 Å². The highest BCUT2D eigenvalue weighted by Gasteiger charge is 2.27. The van der Waals surface area contributed by atoms with Crippen molar-refractivity contribution in [3.63, 3.8) is 0 Å². The van der Waals surface area contributed by atoms with Crippen LogP contribution in [0.4, 0.5) is 30.7 Å². The zero-order chi connectivity index (χ0) is 30.7. The van der Waals surface area contributed by atoms with Gasteiger partial charge in [-0.1, -0.05) is 44.0 Å². The van der Waals surface area contributed by atoms with Crippen molar-refractivity contribution in [2.75, 3.05) is 0 Å². The SMILES string of the molecule is CC/C(F)=C(\F)c1ccc(C2CCC(CCC3CCC(c4cc(F)c(-c5cc(F)c(F)c(F)c5)c(F)c4)CC3)CC2)cc1. The van der Waals surface area contributed by atoms with Gasteiger partial charge in [-0.3, -0.25) is 0 Å². The van der Waals surface area contributed by atoms with Crippen molar-refractivity contribution in [2.45, 2.75) is 89.4 Å². The van der Waals surface area contributed by atoms with Gasteiger partial charge >= 0.3 is 0 Å². The second kappa shape index (κ2) is 13.7. The molecule has 0 bridgehead atoms. The Bertz CT molecular complexity index is 1400. The number of benzene rings is 3. The van der Waals surface area contributed by atoms with Crippen LogP contribution in [0.5, 0.6) is 0 Å². The Hall–Kier alpha value is -3.09. The summed E-state index contributed by atoms with van der Waals surface area (Å²) in [6, 6.07) is 10.9. The lowest BCUT2D eigenvalue weighted by Crippen LogP contribution is -2.17. The van der Waals surface area contributed by atoms with Crippen LogP contribution in [0.25, 0.3) is 17.0 Å². The molecule has 2 fully saturated rings. The molecule has 0 spiro atoms. The van der Waals surface area contributed by atoms with Gasteiger partial charge in [0, 0.05) is 5.56 Å². The maximum Gasteiger partial charge on any atom is 0.194 e. The molecule has 2 saturated carbocycles. The predicted octanol–water partition coefficient (Wildman–Crippen LogP) is 12.1. The summed E-state index contributed by atoms with van der Waals surface area (Å²) in [5.74, 6) is -6.29. The first kappa shape index (κ1) is 31.3. The Kier molecular flexibility index (Phi) is 9.98. The lowest BCUT2D eigenvalue weighted by molar-refractivity contribution is 0.252. The Balaban J connectivity index is 1.09. The summed E-state index contributed by atoms with van der Waals surface area (Å²) in [5, 5.41) is 0. The topological polar surface area (TPSA) is 0 Å². The average molecular weight is 603 g/mol. The first-order valence-corrected chi connectivity index (χ1v) is 15.4. The van der Waals surface area contributed by atoms with E-state index in [1.807, 2.05) is 12.1 Å². The molecule has 230 valence electrons. The standard InChI is InChI=1S/C36H37F7/c1-2-29(37)35(42)26-15-13-24(14-16-26)23-9-5-21(6-10-23)3-4-22-7-11-25(12-8-22)27-17-30(38)34(31(39)18-27)28-19-32(40)36(43)33(41)20-28/h13-23,25H,2-12H2,1H3/b35-29+. The van der Waals surface area contributed by atoms with Gasteiger partial charge in [0.1, 0.15) is 17.5 Å². The quantitative estimate of drug-likeness (QED) is 0.178. The molecule has 2 aliphatic carbocycles. The van der Waals surface area contributed by atoms with E-state index < -0.39 is 46.3 Å². The van der Waals surface area contributed by atoms with Crippen molar-refractivity contribution >= 4 is 5.83 Å². The summed E-state index contributed by atoms with van der Waals surface area (Å²) in [7, 11) is 0. The normalized spacial score (nSPS) is 23.3. The number of hydrogen-bond acceptors (Lipinski definition) is 0. The predicted molar refractivity (Wildman–Crippen MR) is 156 cm³/mol. The highest BCUT2D eigenvalue weighted by molar-refractivity contribution is 5.66. The maximum absolute atomic E-state index is 14.9. The fourth-order valence-corrected chi connectivity index (χ4v) is 7.06. The van der Waals surface area contributed by atoms with Crippen molar-refractivity contribution in [3.05, 3.63) is 100 Å². The van der Waals surface area contributed by atoms with Crippen LogP contribution in [-0.4, -0.2) is 0 Å². The van der Waals surface area contributed by atoms with E-state index in [4.69, 9.17) is 0 Å². The summed E-state index contributed by atoms with van der Waals surface area (Å²) in [4.78, 5) is 0. The molecule has 2 aliphatic rings. The number of allylic oxidation sites excluding steroid dienone is 1. The summed E-state index contributed by atoms with van der Waals surface area (Å²) in [6.45, 7) is 1.59. The zero-order valence-corrected chi connectivity index (χ0v) is 24.4. The molecular weight excluding hydrogens is 565 g/mol. The Morgan fingerprint density at radius 2 is 1.07 bits per heavy atom. The summed E-state index contributed by atoms with van der Waals surface area (Å²) in [5.41, 5.74) is 1.08. The fourth-order valence-electron chi connectivity index (χ4n) is 7.06. The van der Waals surface area contributed by atoms with E-state index in [9.17, 15) is 30.7 Å². The first-order chi connectivity index (χ1) is 20.6. The first-order valence-electron chi connectivity index (χ1n) is 15.4. The molecule has 43 heavy (non-hydrogen) atoms. The molecule has 0 aliphatic heterocycles. The van der Waals surface area contributed by atoms with Gasteiger partial charge in [-0.15, -0.1) is 0 Å². The number of halogens is 7. The van der Waals surface area contributed by atoms with E-state index in [1.54, 1.807) is 19.1 Å². The highest BCUT2D eigenvalue weighted by atomic mass is 19.2. The smallest absolute Gasteiger partial charge is 0.194 e. The van der Waals surface area contributed by atoms with Crippen LogP contribution in [0.15, 0.2) is 54.4 Å². The van der Waals surface area contributed by atoms with Crippen LogP contribution >= 0.6 is 0 Å². The molecule has 7 heteroatoms. The van der Waals surface area contributed by atoms with E-state index in [-0.39, 0.29) is 23.5 Å². The van der Waals surface area contributed by atoms with Gasteiger partial charge in [0.2, 0.25) is 0 Å². The van der Waals surface area contributed by atoms with Gasteiger partial charge in [-0.2, -0.15) is 0 Å². The summed E-state index contributed by atoms with van der Waals surface area (Å²) < 4.78 is 98.2. The zero-order valence-electron chi connectivity index (χ0n) is 24.4. The van der Waals surface area contributed by atoms with Crippen molar-refractivity contribution < 1.29 is 30.7 Å². The maximum atomic E-state index is 14.9.